The van der Waals surface area contributed by atoms with Crippen LogP contribution in [0.1, 0.15) is 28.1 Å². The Hall–Kier alpha value is -0.960. The number of hydrogen-bond donors (Lipinski definition) is 2. The molecule has 0 aliphatic rings. The number of rotatable bonds is 4. The van der Waals surface area contributed by atoms with E-state index in [-0.39, 0.29) is 6.42 Å². The van der Waals surface area contributed by atoms with E-state index in [0.29, 0.717) is 5.01 Å². The van der Waals surface area contributed by atoms with Gasteiger partial charge in [-0.3, -0.25) is 0 Å². The Balaban J connectivity index is 2.80. The van der Waals surface area contributed by atoms with Gasteiger partial charge in [0.25, 0.3) is 0 Å². The molecule has 4 nitrogen and oxygen atoms in total. The number of thiazole rings is 1. The summed E-state index contributed by atoms with van der Waals surface area (Å²) >= 11 is 1.46. The van der Waals surface area contributed by atoms with Crippen molar-refractivity contribution in [2.75, 3.05) is 7.05 Å². The molecule has 0 aromatic carbocycles. The standard InChI is InChI=1S/C9H13N3OS/c1-6-8(5-11-2)14-9(12-6)7(13)3-4-10/h7,11,13H,3,5H2,1-2H3. The molecule has 0 saturated heterocycles. The lowest BCUT2D eigenvalue weighted by molar-refractivity contribution is 0.183. The summed E-state index contributed by atoms with van der Waals surface area (Å²) in [7, 11) is 1.87. The van der Waals surface area contributed by atoms with Gasteiger partial charge in [-0.15, -0.1) is 11.3 Å². The molecule has 2 N–H and O–H groups in total. The average Bonchev–Trinajstić information content (AvgIpc) is 2.49. The van der Waals surface area contributed by atoms with Crippen LogP contribution in [0.25, 0.3) is 0 Å². The normalized spacial score (nSPS) is 12.4. The van der Waals surface area contributed by atoms with E-state index in [1.807, 2.05) is 20.0 Å². The molecule has 1 unspecified atom stereocenters. The Morgan fingerprint density at radius 3 is 3.00 bits per heavy atom. The second-order valence-electron chi connectivity index (χ2n) is 2.97. The molecule has 1 atom stereocenters. The van der Waals surface area contributed by atoms with Gasteiger partial charge in [-0.25, -0.2) is 4.98 Å². The van der Waals surface area contributed by atoms with Crippen LogP contribution in [-0.2, 0) is 6.54 Å². The quantitative estimate of drug-likeness (QED) is 0.783. The monoisotopic (exact) mass is 211 g/mol. The van der Waals surface area contributed by atoms with Crippen molar-refractivity contribution in [1.82, 2.24) is 10.3 Å². The van der Waals surface area contributed by atoms with Gasteiger partial charge in [0.15, 0.2) is 0 Å². The molecule has 5 heteroatoms. The van der Waals surface area contributed by atoms with Gasteiger partial charge >= 0.3 is 0 Å². The highest BCUT2D eigenvalue weighted by Crippen LogP contribution is 2.25. The highest BCUT2D eigenvalue weighted by atomic mass is 32.1. The number of aromatic nitrogens is 1. The highest BCUT2D eigenvalue weighted by molar-refractivity contribution is 7.11. The van der Waals surface area contributed by atoms with Crippen LogP contribution in [0.2, 0.25) is 0 Å². The average molecular weight is 211 g/mol. The lowest BCUT2D eigenvalue weighted by Crippen LogP contribution is -2.04. The number of aryl methyl sites for hydroxylation is 1. The lowest BCUT2D eigenvalue weighted by Gasteiger charge is -1.99. The van der Waals surface area contributed by atoms with Crippen LogP contribution in [0.4, 0.5) is 0 Å². The number of nitrogens with zero attached hydrogens (tertiary/aromatic N) is 2. The summed E-state index contributed by atoms with van der Waals surface area (Å²) < 4.78 is 0. The topological polar surface area (TPSA) is 68.9 Å². The zero-order valence-corrected chi connectivity index (χ0v) is 9.06. The van der Waals surface area contributed by atoms with Crippen molar-refractivity contribution < 1.29 is 5.11 Å². The maximum atomic E-state index is 9.53. The summed E-state index contributed by atoms with van der Waals surface area (Å²) in [5, 5.41) is 21.6. The number of hydrogen-bond acceptors (Lipinski definition) is 5. The zero-order valence-electron chi connectivity index (χ0n) is 8.24. The number of aliphatic hydroxyl groups is 1. The van der Waals surface area contributed by atoms with Crippen LogP contribution < -0.4 is 5.32 Å². The van der Waals surface area contributed by atoms with Gasteiger partial charge in [0.05, 0.1) is 18.2 Å². The molecule has 1 heterocycles. The Bertz CT molecular complexity index is 342. The summed E-state index contributed by atoms with van der Waals surface area (Å²) in [4.78, 5) is 5.34. The van der Waals surface area contributed by atoms with Crippen molar-refractivity contribution in [2.24, 2.45) is 0 Å². The van der Waals surface area contributed by atoms with Crippen LogP contribution in [0.3, 0.4) is 0 Å². The largest absolute Gasteiger partial charge is 0.385 e. The van der Waals surface area contributed by atoms with Crippen LogP contribution in [-0.4, -0.2) is 17.1 Å². The number of nitrogens with one attached hydrogen (secondary N) is 1. The summed E-state index contributed by atoms with van der Waals surface area (Å²) in [6, 6.07) is 1.93. The molecular weight excluding hydrogens is 198 g/mol. The molecule has 0 saturated carbocycles. The minimum atomic E-state index is -0.741. The van der Waals surface area contributed by atoms with E-state index in [4.69, 9.17) is 5.26 Å². The molecule has 76 valence electrons. The van der Waals surface area contributed by atoms with E-state index in [0.717, 1.165) is 17.1 Å². The molecule has 0 spiro atoms. The molecule has 1 aromatic rings. The van der Waals surface area contributed by atoms with E-state index in [2.05, 4.69) is 10.3 Å². The first-order valence-corrected chi connectivity index (χ1v) is 5.16. The molecule has 1 aromatic heterocycles. The first-order valence-electron chi connectivity index (χ1n) is 4.34. The van der Waals surface area contributed by atoms with E-state index in [1.54, 1.807) is 0 Å². The van der Waals surface area contributed by atoms with Crippen LogP contribution in [0, 0.1) is 18.3 Å². The fourth-order valence-corrected chi connectivity index (χ4v) is 2.16. The van der Waals surface area contributed by atoms with Gasteiger partial charge in [-0.1, -0.05) is 0 Å². The van der Waals surface area contributed by atoms with E-state index < -0.39 is 6.10 Å². The number of nitriles is 1. The van der Waals surface area contributed by atoms with Gasteiger partial charge in [-0.05, 0) is 14.0 Å². The zero-order chi connectivity index (χ0) is 10.6. The summed E-state index contributed by atoms with van der Waals surface area (Å²) in [5.74, 6) is 0. The second kappa shape index (κ2) is 5.05. The minimum Gasteiger partial charge on any atom is -0.385 e. The SMILES string of the molecule is CNCc1sc(C(O)CC#N)nc1C. The van der Waals surface area contributed by atoms with E-state index >= 15 is 0 Å². The van der Waals surface area contributed by atoms with Gasteiger partial charge in [0, 0.05) is 11.4 Å². The third-order valence-corrected chi connectivity index (χ3v) is 3.07. The molecule has 1 rings (SSSR count). The summed E-state index contributed by atoms with van der Waals surface area (Å²) in [5.41, 5.74) is 0.927. The minimum absolute atomic E-state index is 0.103. The Labute approximate surface area is 87.2 Å². The third kappa shape index (κ3) is 2.51. The molecule has 0 bridgehead atoms. The molecule has 0 radical (unpaired) electrons. The third-order valence-electron chi connectivity index (χ3n) is 1.82. The van der Waals surface area contributed by atoms with Gasteiger partial charge in [0.1, 0.15) is 11.1 Å². The molecule has 14 heavy (non-hydrogen) atoms. The van der Waals surface area contributed by atoms with Crippen LogP contribution in [0.15, 0.2) is 0 Å². The van der Waals surface area contributed by atoms with Crippen LogP contribution >= 0.6 is 11.3 Å². The Morgan fingerprint density at radius 2 is 2.43 bits per heavy atom. The van der Waals surface area contributed by atoms with Crippen molar-refractivity contribution in [3.05, 3.63) is 15.6 Å². The highest BCUT2D eigenvalue weighted by Gasteiger charge is 2.14. The van der Waals surface area contributed by atoms with Crippen molar-refractivity contribution in [2.45, 2.75) is 26.0 Å². The fraction of sp³-hybridized carbons (Fsp3) is 0.556. The van der Waals surface area contributed by atoms with Crippen LogP contribution in [0.5, 0.6) is 0 Å². The van der Waals surface area contributed by atoms with Crippen molar-refractivity contribution in [3.8, 4) is 6.07 Å². The van der Waals surface area contributed by atoms with Gasteiger partial charge < -0.3 is 10.4 Å². The van der Waals surface area contributed by atoms with Crippen molar-refractivity contribution in [3.63, 3.8) is 0 Å². The van der Waals surface area contributed by atoms with E-state index in [9.17, 15) is 5.11 Å². The van der Waals surface area contributed by atoms with Gasteiger partial charge in [0.2, 0.25) is 0 Å². The Morgan fingerprint density at radius 1 is 1.71 bits per heavy atom. The lowest BCUT2D eigenvalue weighted by atomic mass is 10.3. The predicted octanol–water partition coefficient (Wildman–Crippen LogP) is 1.12. The fourth-order valence-electron chi connectivity index (χ4n) is 1.09. The first-order chi connectivity index (χ1) is 6.69. The van der Waals surface area contributed by atoms with Gasteiger partial charge in [-0.2, -0.15) is 5.26 Å². The second-order valence-corrected chi connectivity index (χ2v) is 4.08. The molecular formula is C9H13N3OS. The van der Waals surface area contributed by atoms with Crippen molar-refractivity contribution >= 4 is 11.3 Å². The Kier molecular flexibility index (Phi) is 4.01. The summed E-state index contributed by atoms with van der Waals surface area (Å²) in [6.07, 6.45) is -0.638. The van der Waals surface area contributed by atoms with E-state index in [1.165, 1.54) is 11.3 Å². The molecule has 0 amide bonds. The summed E-state index contributed by atoms with van der Waals surface area (Å²) in [6.45, 7) is 2.66. The maximum absolute atomic E-state index is 9.53. The molecule has 0 aliphatic heterocycles. The first kappa shape index (κ1) is 11.1. The molecule has 0 fully saturated rings. The van der Waals surface area contributed by atoms with Crippen molar-refractivity contribution in [1.29, 1.82) is 5.26 Å². The molecule has 0 aliphatic carbocycles. The predicted molar refractivity (Wildman–Crippen MR) is 54.8 cm³/mol. The smallest absolute Gasteiger partial charge is 0.123 e. The maximum Gasteiger partial charge on any atom is 0.123 e. The number of aliphatic hydroxyl groups excluding tert-OH is 1.